The molecule has 0 aliphatic carbocycles. The van der Waals surface area contributed by atoms with Crippen molar-refractivity contribution in [2.24, 2.45) is 0 Å². The van der Waals surface area contributed by atoms with Crippen LogP contribution in [0, 0.1) is 6.92 Å². The van der Waals surface area contributed by atoms with Gasteiger partial charge in [-0.1, -0.05) is 52.3 Å². The van der Waals surface area contributed by atoms with E-state index < -0.39 is 0 Å². The molecule has 0 radical (unpaired) electrons. The molecule has 0 unspecified atom stereocenters. The van der Waals surface area contributed by atoms with Crippen LogP contribution in [0.4, 0.5) is 5.82 Å². The van der Waals surface area contributed by atoms with E-state index in [1.807, 2.05) is 10.7 Å². The normalized spacial score (nSPS) is 13.0. The summed E-state index contributed by atoms with van der Waals surface area (Å²) < 4.78 is 3.13. The Hall–Kier alpha value is -2.07. The highest BCUT2D eigenvalue weighted by Gasteiger charge is 2.25. The van der Waals surface area contributed by atoms with Crippen molar-refractivity contribution in [3.05, 3.63) is 64.1 Å². The number of nitrogens with zero attached hydrogens (tertiary/aromatic N) is 2. The Morgan fingerprint density at radius 3 is 2.68 bits per heavy atom. The van der Waals surface area contributed by atoms with E-state index in [1.54, 1.807) is 0 Å². The summed E-state index contributed by atoms with van der Waals surface area (Å²) in [6.07, 6.45) is 1.01. The molecule has 1 aromatic heterocycles. The highest BCUT2D eigenvalue weighted by atomic mass is 79.9. The molecule has 2 aromatic carbocycles. The highest BCUT2D eigenvalue weighted by molar-refractivity contribution is 9.10. The Morgan fingerprint density at radius 1 is 1.09 bits per heavy atom. The van der Waals surface area contributed by atoms with E-state index in [-0.39, 0.29) is 0 Å². The van der Waals surface area contributed by atoms with Crippen molar-refractivity contribution >= 4 is 21.7 Å². The van der Waals surface area contributed by atoms with Gasteiger partial charge < -0.3 is 5.32 Å². The first-order valence-electron chi connectivity index (χ1n) is 7.42. The van der Waals surface area contributed by atoms with E-state index in [0.29, 0.717) is 0 Å². The average Bonchev–Trinajstić information content (AvgIpc) is 3.11. The van der Waals surface area contributed by atoms with Crippen LogP contribution in [0.3, 0.4) is 0 Å². The predicted molar refractivity (Wildman–Crippen MR) is 93.6 cm³/mol. The molecule has 3 aromatic rings. The summed E-state index contributed by atoms with van der Waals surface area (Å²) in [6.45, 7) is 3.09. The van der Waals surface area contributed by atoms with Crippen LogP contribution in [0.15, 0.2) is 53.0 Å². The molecule has 0 spiro atoms. The summed E-state index contributed by atoms with van der Waals surface area (Å²) >= 11 is 3.65. The molecule has 2 heterocycles. The maximum absolute atomic E-state index is 4.92. The Kier molecular flexibility index (Phi) is 3.26. The van der Waals surface area contributed by atoms with Gasteiger partial charge in [0, 0.05) is 22.1 Å². The molecule has 1 aliphatic rings. The molecule has 0 atom stereocenters. The molecule has 1 N–H and O–H groups in total. The fraction of sp³-hybridized carbons (Fsp3) is 0.167. The Labute approximate surface area is 138 Å². The van der Waals surface area contributed by atoms with Crippen molar-refractivity contribution in [1.29, 1.82) is 0 Å². The van der Waals surface area contributed by atoms with Crippen LogP contribution in [0.5, 0.6) is 0 Å². The molecule has 0 amide bonds. The molecule has 1 aliphatic heterocycles. The third kappa shape index (κ3) is 2.06. The standard InChI is InChI=1S/C18H16BrN3/c1-12-6-2-5-9-16(12)22-18-14(10-11-20-18)17(21-22)13-7-3-4-8-15(13)19/h2-9,20H,10-11H2,1H3. The van der Waals surface area contributed by atoms with Crippen LogP contribution in [0.2, 0.25) is 0 Å². The summed E-state index contributed by atoms with van der Waals surface area (Å²) in [7, 11) is 0. The summed E-state index contributed by atoms with van der Waals surface area (Å²) in [4.78, 5) is 0. The Bertz CT molecular complexity index is 783. The van der Waals surface area contributed by atoms with E-state index in [4.69, 9.17) is 5.10 Å². The monoisotopic (exact) mass is 353 g/mol. The summed E-state index contributed by atoms with van der Waals surface area (Å²) in [6, 6.07) is 16.6. The second-order valence-electron chi connectivity index (χ2n) is 5.53. The molecule has 3 nitrogen and oxygen atoms in total. The lowest BCUT2D eigenvalue weighted by molar-refractivity contribution is 0.875. The van der Waals surface area contributed by atoms with Gasteiger partial charge in [0.1, 0.15) is 5.82 Å². The van der Waals surface area contributed by atoms with Crippen LogP contribution < -0.4 is 5.32 Å². The topological polar surface area (TPSA) is 29.9 Å². The van der Waals surface area contributed by atoms with E-state index in [9.17, 15) is 0 Å². The van der Waals surface area contributed by atoms with Crippen molar-refractivity contribution in [2.75, 3.05) is 11.9 Å². The average molecular weight is 354 g/mol. The number of aromatic nitrogens is 2. The Balaban J connectivity index is 1.95. The zero-order valence-corrected chi connectivity index (χ0v) is 13.9. The first kappa shape index (κ1) is 13.6. The largest absolute Gasteiger partial charge is 0.369 e. The number of benzene rings is 2. The van der Waals surface area contributed by atoms with Crippen molar-refractivity contribution in [3.63, 3.8) is 0 Å². The number of anilines is 1. The van der Waals surface area contributed by atoms with Crippen molar-refractivity contribution in [3.8, 4) is 16.9 Å². The molecular formula is C18H16BrN3. The fourth-order valence-corrected chi connectivity index (χ4v) is 3.49. The number of halogens is 1. The quantitative estimate of drug-likeness (QED) is 0.730. The van der Waals surface area contributed by atoms with Gasteiger partial charge in [-0.15, -0.1) is 0 Å². The number of aryl methyl sites for hydroxylation is 1. The maximum Gasteiger partial charge on any atom is 0.133 e. The van der Waals surface area contributed by atoms with Gasteiger partial charge in [0.25, 0.3) is 0 Å². The predicted octanol–water partition coefficient (Wildman–Crippen LogP) is 4.58. The lowest BCUT2D eigenvalue weighted by Crippen LogP contribution is -2.05. The smallest absolute Gasteiger partial charge is 0.133 e. The zero-order chi connectivity index (χ0) is 15.1. The van der Waals surface area contributed by atoms with Gasteiger partial charge in [-0.2, -0.15) is 5.10 Å². The van der Waals surface area contributed by atoms with Crippen molar-refractivity contribution in [2.45, 2.75) is 13.3 Å². The van der Waals surface area contributed by atoms with Crippen LogP contribution >= 0.6 is 15.9 Å². The third-order valence-corrected chi connectivity index (χ3v) is 4.82. The third-order valence-electron chi connectivity index (χ3n) is 4.12. The van der Waals surface area contributed by atoms with E-state index in [0.717, 1.165) is 40.2 Å². The van der Waals surface area contributed by atoms with Gasteiger partial charge in [0.2, 0.25) is 0 Å². The molecule has 4 rings (SSSR count). The number of hydrogen-bond donors (Lipinski definition) is 1. The van der Waals surface area contributed by atoms with Gasteiger partial charge in [-0.3, -0.25) is 0 Å². The first-order chi connectivity index (χ1) is 10.8. The number of rotatable bonds is 2. The molecule has 4 heteroatoms. The van der Waals surface area contributed by atoms with E-state index in [1.165, 1.54) is 11.1 Å². The molecule has 22 heavy (non-hydrogen) atoms. The number of para-hydroxylation sites is 1. The van der Waals surface area contributed by atoms with Gasteiger partial charge in [0.05, 0.1) is 11.4 Å². The first-order valence-corrected chi connectivity index (χ1v) is 8.21. The fourth-order valence-electron chi connectivity index (χ4n) is 3.02. The summed E-state index contributed by atoms with van der Waals surface area (Å²) in [5, 5.41) is 8.41. The molecule has 0 fully saturated rings. The van der Waals surface area contributed by atoms with Gasteiger partial charge in [0.15, 0.2) is 0 Å². The zero-order valence-electron chi connectivity index (χ0n) is 12.3. The Morgan fingerprint density at radius 2 is 1.86 bits per heavy atom. The maximum atomic E-state index is 4.92. The van der Waals surface area contributed by atoms with Crippen molar-refractivity contribution < 1.29 is 0 Å². The van der Waals surface area contributed by atoms with Gasteiger partial charge in [-0.05, 0) is 31.0 Å². The minimum atomic E-state index is 0.969. The van der Waals surface area contributed by atoms with E-state index in [2.05, 4.69) is 70.6 Å². The molecule has 0 saturated carbocycles. The van der Waals surface area contributed by atoms with Crippen LogP contribution in [0.1, 0.15) is 11.1 Å². The summed E-state index contributed by atoms with van der Waals surface area (Å²) in [5.74, 6) is 1.13. The molecule has 0 bridgehead atoms. The molecule has 0 saturated heterocycles. The van der Waals surface area contributed by atoms with Crippen LogP contribution in [-0.2, 0) is 6.42 Å². The van der Waals surface area contributed by atoms with E-state index >= 15 is 0 Å². The van der Waals surface area contributed by atoms with Crippen LogP contribution in [0.25, 0.3) is 16.9 Å². The minimum Gasteiger partial charge on any atom is -0.369 e. The van der Waals surface area contributed by atoms with Crippen LogP contribution in [-0.4, -0.2) is 16.3 Å². The molecular weight excluding hydrogens is 338 g/mol. The SMILES string of the molecule is Cc1ccccc1-n1nc(-c2ccccc2Br)c2c1NCC2. The summed E-state index contributed by atoms with van der Waals surface area (Å²) in [5.41, 5.74) is 5.87. The number of hydrogen-bond acceptors (Lipinski definition) is 2. The number of fused-ring (bicyclic) bond motifs is 1. The lowest BCUT2D eigenvalue weighted by atomic mass is 10.1. The lowest BCUT2D eigenvalue weighted by Gasteiger charge is -2.09. The highest BCUT2D eigenvalue weighted by Crippen LogP contribution is 2.37. The molecule has 110 valence electrons. The van der Waals surface area contributed by atoms with Crippen molar-refractivity contribution in [1.82, 2.24) is 9.78 Å². The van der Waals surface area contributed by atoms with Gasteiger partial charge in [-0.25, -0.2) is 4.68 Å². The second-order valence-corrected chi connectivity index (χ2v) is 6.39. The minimum absolute atomic E-state index is 0.969. The number of nitrogens with one attached hydrogen (secondary N) is 1. The van der Waals surface area contributed by atoms with Gasteiger partial charge >= 0.3 is 0 Å². The second kappa shape index (κ2) is 5.29.